The number of carbonyl (C=O) groups excluding carboxylic acids is 1. The van der Waals surface area contributed by atoms with E-state index in [9.17, 15) is 9.18 Å². The lowest BCUT2D eigenvalue weighted by atomic mass is 9.95. The fourth-order valence-electron chi connectivity index (χ4n) is 2.38. The Hall–Kier alpha value is -2.18. The van der Waals surface area contributed by atoms with Crippen molar-refractivity contribution in [3.63, 3.8) is 0 Å². The van der Waals surface area contributed by atoms with Crippen molar-refractivity contribution in [3.8, 4) is 0 Å². The third-order valence-corrected chi connectivity index (χ3v) is 3.39. The molecule has 21 heavy (non-hydrogen) atoms. The normalized spacial score (nSPS) is 16.1. The van der Waals surface area contributed by atoms with Gasteiger partial charge in [0, 0.05) is 25.2 Å². The molecular formula is C14H17FN4O2. The average molecular weight is 292 g/mol. The summed E-state index contributed by atoms with van der Waals surface area (Å²) < 4.78 is 19.1. The molecule has 1 aliphatic heterocycles. The molecule has 0 spiro atoms. The summed E-state index contributed by atoms with van der Waals surface area (Å²) in [5, 5.41) is 7.34. The number of hydrogen-bond donors (Lipinski definition) is 1. The van der Waals surface area contributed by atoms with Gasteiger partial charge in [0.25, 0.3) is 0 Å². The third kappa shape index (κ3) is 2.55. The summed E-state index contributed by atoms with van der Waals surface area (Å²) in [6.07, 6.45) is 1.04. The van der Waals surface area contributed by atoms with Crippen LogP contribution in [0.3, 0.4) is 0 Å². The number of likely N-dealkylation sites (tertiary alicyclic amines) is 1. The van der Waals surface area contributed by atoms with Crippen molar-refractivity contribution in [2.75, 3.05) is 13.1 Å². The Kier molecular flexibility index (Phi) is 3.07. The first-order chi connectivity index (χ1) is 9.85. The number of aromatic amines is 1. The Labute approximate surface area is 121 Å². The van der Waals surface area contributed by atoms with Crippen LogP contribution in [0, 0.1) is 5.95 Å². The quantitative estimate of drug-likeness (QED) is 0.819. The van der Waals surface area contributed by atoms with E-state index in [0.717, 1.165) is 0 Å². The minimum atomic E-state index is -0.535. The number of amides is 1. The molecule has 2 aromatic rings. The lowest BCUT2D eigenvalue weighted by molar-refractivity contribution is 0.00796. The number of pyridine rings is 1. The molecule has 1 N–H and O–H groups in total. The highest BCUT2D eigenvalue weighted by atomic mass is 19.1. The molecule has 0 aromatic carbocycles. The standard InChI is InChI=1S/C14H17FN4O2/c1-14(2,3)21-13(20)19-6-8(7-19)11-10-9(17-18-11)4-5-16-12(10)15/h4-5,8H,6-7H2,1-3H3,(H,17,18). The predicted octanol–water partition coefficient (Wildman–Crippen LogP) is 2.43. The second-order valence-corrected chi connectivity index (χ2v) is 6.22. The van der Waals surface area contributed by atoms with Gasteiger partial charge in [0.1, 0.15) is 5.60 Å². The Morgan fingerprint density at radius 3 is 2.86 bits per heavy atom. The van der Waals surface area contributed by atoms with Gasteiger partial charge in [-0.15, -0.1) is 0 Å². The molecule has 6 nitrogen and oxygen atoms in total. The van der Waals surface area contributed by atoms with Crippen LogP contribution in [0.15, 0.2) is 12.3 Å². The molecule has 1 fully saturated rings. The van der Waals surface area contributed by atoms with Gasteiger partial charge in [-0.25, -0.2) is 9.78 Å². The number of carbonyl (C=O) groups is 1. The van der Waals surface area contributed by atoms with Gasteiger partial charge in [0.05, 0.1) is 16.6 Å². The van der Waals surface area contributed by atoms with Crippen molar-refractivity contribution >= 4 is 17.0 Å². The van der Waals surface area contributed by atoms with Crippen LogP contribution >= 0.6 is 0 Å². The van der Waals surface area contributed by atoms with E-state index in [4.69, 9.17) is 4.74 Å². The first-order valence-corrected chi connectivity index (χ1v) is 6.81. The fraction of sp³-hybridized carbons (Fsp3) is 0.500. The number of aromatic nitrogens is 3. The molecule has 1 aliphatic rings. The third-order valence-electron chi connectivity index (χ3n) is 3.39. The van der Waals surface area contributed by atoms with Crippen LogP contribution in [0.1, 0.15) is 32.4 Å². The van der Waals surface area contributed by atoms with Gasteiger partial charge < -0.3 is 9.64 Å². The van der Waals surface area contributed by atoms with Crippen LogP contribution in [-0.2, 0) is 4.74 Å². The Bertz CT molecular complexity index is 686. The number of ether oxygens (including phenoxy) is 1. The van der Waals surface area contributed by atoms with Crippen molar-refractivity contribution in [1.82, 2.24) is 20.1 Å². The van der Waals surface area contributed by atoms with Crippen molar-refractivity contribution < 1.29 is 13.9 Å². The molecule has 7 heteroatoms. The summed E-state index contributed by atoms with van der Waals surface area (Å²) in [6.45, 7) is 6.45. The Morgan fingerprint density at radius 2 is 2.19 bits per heavy atom. The molecule has 1 saturated heterocycles. The SMILES string of the molecule is CC(C)(C)OC(=O)N1CC(c2[nH]nc3ccnc(F)c23)C1. The van der Waals surface area contributed by atoms with Crippen LogP contribution in [0.2, 0.25) is 0 Å². The van der Waals surface area contributed by atoms with Crippen molar-refractivity contribution in [2.24, 2.45) is 0 Å². The molecule has 3 heterocycles. The highest BCUT2D eigenvalue weighted by molar-refractivity contribution is 5.82. The maximum absolute atomic E-state index is 13.8. The lowest BCUT2D eigenvalue weighted by Gasteiger charge is -2.39. The van der Waals surface area contributed by atoms with E-state index in [0.29, 0.717) is 29.7 Å². The molecule has 3 rings (SSSR count). The summed E-state index contributed by atoms with van der Waals surface area (Å²) in [4.78, 5) is 17.1. The molecule has 1 amide bonds. The van der Waals surface area contributed by atoms with E-state index < -0.39 is 11.5 Å². The zero-order chi connectivity index (χ0) is 15.2. The first kappa shape index (κ1) is 13.8. The van der Waals surface area contributed by atoms with Gasteiger partial charge in [-0.3, -0.25) is 5.10 Å². The van der Waals surface area contributed by atoms with Crippen LogP contribution in [0.4, 0.5) is 9.18 Å². The zero-order valence-electron chi connectivity index (χ0n) is 12.2. The minimum absolute atomic E-state index is 0.0289. The number of H-pyrrole nitrogens is 1. The monoisotopic (exact) mass is 292 g/mol. The highest BCUT2D eigenvalue weighted by Crippen LogP contribution is 2.32. The maximum Gasteiger partial charge on any atom is 0.410 e. The van der Waals surface area contributed by atoms with Gasteiger partial charge in [0.2, 0.25) is 5.95 Å². The van der Waals surface area contributed by atoms with Crippen LogP contribution in [0.5, 0.6) is 0 Å². The topological polar surface area (TPSA) is 71.1 Å². The van der Waals surface area contributed by atoms with Gasteiger partial charge in [-0.2, -0.15) is 9.49 Å². The molecule has 0 unspecified atom stereocenters. The van der Waals surface area contributed by atoms with Gasteiger partial charge in [-0.1, -0.05) is 0 Å². The van der Waals surface area contributed by atoms with Crippen molar-refractivity contribution in [1.29, 1.82) is 0 Å². The van der Waals surface area contributed by atoms with Gasteiger partial charge >= 0.3 is 6.09 Å². The number of rotatable bonds is 1. The predicted molar refractivity (Wildman–Crippen MR) is 74.4 cm³/mol. The van der Waals surface area contributed by atoms with Gasteiger partial charge in [-0.05, 0) is 26.8 Å². The average Bonchev–Trinajstić information content (AvgIpc) is 2.70. The Balaban J connectivity index is 1.72. The minimum Gasteiger partial charge on any atom is -0.444 e. The summed E-state index contributed by atoms with van der Waals surface area (Å²) in [6, 6.07) is 1.66. The number of halogens is 1. The van der Waals surface area contributed by atoms with E-state index in [2.05, 4.69) is 15.2 Å². The highest BCUT2D eigenvalue weighted by Gasteiger charge is 2.36. The molecule has 0 bridgehead atoms. The fourth-order valence-corrected chi connectivity index (χ4v) is 2.38. The number of nitrogens with zero attached hydrogens (tertiary/aromatic N) is 3. The summed E-state index contributed by atoms with van der Waals surface area (Å²) >= 11 is 0. The lowest BCUT2D eigenvalue weighted by Crippen LogP contribution is -2.50. The van der Waals surface area contributed by atoms with Gasteiger partial charge in [0.15, 0.2) is 0 Å². The summed E-state index contributed by atoms with van der Waals surface area (Å²) in [5.41, 5.74) is 0.724. The molecule has 0 aliphatic carbocycles. The molecule has 0 radical (unpaired) electrons. The largest absolute Gasteiger partial charge is 0.444 e. The molecular weight excluding hydrogens is 275 g/mol. The van der Waals surface area contributed by atoms with E-state index in [-0.39, 0.29) is 12.0 Å². The zero-order valence-corrected chi connectivity index (χ0v) is 12.2. The number of hydrogen-bond acceptors (Lipinski definition) is 4. The molecule has 0 saturated carbocycles. The van der Waals surface area contributed by atoms with Crippen LogP contribution in [-0.4, -0.2) is 44.9 Å². The number of nitrogens with one attached hydrogen (secondary N) is 1. The molecule has 2 aromatic heterocycles. The van der Waals surface area contributed by atoms with Crippen molar-refractivity contribution in [3.05, 3.63) is 23.9 Å². The summed E-state index contributed by atoms with van der Waals surface area (Å²) in [7, 11) is 0. The van der Waals surface area contributed by atoms with Crippen LogP contribution in [0.25, 0.3) is 10.9 Å². The van der Waals surface area contributed by atoms with Crippen molar-refractivity contribution in [2.45, 2.75) is 32.3 Å². The molecule has 112 valence electrons. The Morgan fingerprint density at radius 1 is 1.48 bits per heavy atom. The van der Waals surface area contributed by atoms with E-state index in [1.54, 1.807) is 11.0 Å². The summed E-state index contributed by atoms with van der Waals surface area (Å²) in [5.74, 6) is -0.506. The molecule has 0 atom stereocenters. The second kappa shape index (κ2) is 4.68. The second-order valence-electron chi connectivity index (χ2n) is 6.22. The smallest absolute Gasteiger partial charge is 0.410 e. The first-order valence-electron chi connectivity index (χ1n) is 6.81. The maximum atomic E-state index is 13.8. The number of fused-ring (bicyclic) bond motifs is 1. The van der Waals surface area contributed by atoms with Crippen LogP contribution < -0.4 is 0 Å². The van der Waals surface area contributed by atoms with E-state index in [1.807, 2.05) is 20.8 Å². The van der Waals surface area contributed by atoms with E-state index in [1.165, 1.54) is 6.20 Å². The van der Waals surface area contributed by atoms with E-state index >= 15 is 0 Å².